The molecule has 1 amide bonds. The Morgan fingerprint density at radius 1 is 1.36 bits per heavy atom. The molecule has 0 bridgehead atoms. The van der Waals surface area contributed by atoms with Gasteiger partial charge in [0.2, 0.25) is 5.91 Å². The molecule has 0 spiro atoms. The van der Waals surface area contributed by atoms with Gasteiger partial charge in [0.15, 0.2) is 5.96 Å². The molecule has 0 saturated carbocycles. The van der Waals surface area contributed by atoms with Crippen molar-refractivity contribution < 1.29 is 4.79 Å². The fourth-order valence-corrected chi connectivity index (χ4v) is 3.38. The lowest BCUT2D eigenvalue weighted by atomic mass is 10.2. The molecular weight excluding hydrogens is 358 g/mol. The van der Waals surface area contributed by atoms with Gasteiger partial charge in [-0.05, 0) is 17.7 Å². The van der Waals surface area contributed by atoms with Crippen molar-refractivity contribution in [3.05, 3.63) is 51.4 Å². The second kappa shape index (κ2) is 8.31. The number of rotatable bonds is 4. The Hall–Kier alpha value is -2.12. The van der Waals surface area contributed by atoms with E-state index in [1.807, 2.05) is 39.4 Å². The van der Waals surface area contributed by atoms with E-state index in [4.69, 9.17) is 11.6 Å². The van der Waals surface area contributed by atoms with E-state index in [1.54, 1.807) is 24.6 Å². The molecule has 0 atom stereocenters. The number of aliphatic imine (C=N–C) groups is 1. The molecule has 1 aromatic carbocycles. The van der Waals surface area contributed by atoms with Gasteiger partial charge < -0.3 is 15.1 Å². The molecule has 1 N–H and O–H groups in total. The number of hydrogen-bond donors (Lipinski definition) is 1. The number of benzene rings is 1. The number of aromatic nitrogens is 1. The van der Waals surface area contributed by atoms with Crippen molar-refractivity contribution in [3.8, 4) is 0 Å². The molecule has 3 rings (SSSR count). The lowest BCUT2D eigenvalue weighted by Gasteiger charge is -2.36. The number of nitrogens with one attached hydrogen (secondary N) is 1. The summed E-state index contributed by atoms with van der Waals surface area (Å²) in [5, 5.41) is 6.91. The minimum Gasteiger partial charge on any atom is -0.350 e. The fourth-order valence-electron chi connectivity index (χ4n) is 2.69. The van der Waals surface area contributed by atoms with Gasteiger partial charge in [0.1, 0.15) is 5.01 Å². The van der Waals surface area contributed by atoms with Gasteiger partial charge in [-0.1, -0.05) is 23.7 Å². The normalized spacial score (nSPS) is 15.6. The molecule has 132 valence electrons. The van der Waals surface area contributed by atoms with Crippen LogP contribution >= 0.6 is 22.9 Å². The van der Waals surface area contributed by atoms with Gasteiger partial charge in [-0.15, -0.1) is 11.3 Å². The van der Waals surface area contributed by atoms with Crippen LogP contribution < -0.4 is 5.32 Å². The highest BCUT2D eigenvalue weighted by molar-refractivity contribution is 7.09. The molecule has 8 heteroatoms. The maximum Gasteiger partial charge on any atom is 0.242 e. The van der Waals surface area contributed by atoms with E-state index in [0.717, 1.165) is 23.1 Å². The third-order valence-corrected chi connectivity index (χ3v) is 5.03. The highest BCUT2D eigenvalue weighted by atomic mass is 35.5. The number of guanidine groups is 1. The highest BCUT2D eigenvalue weighted by Crippen LogP contribution is 2.14. The Balaban J connectivity index is 1.54. The summed E-state index contributed by atoms with van der Waals surface area (Å²) in [6.07, 6.45) is 1.78. The molecule has 25 heavy (non-hydrogen) atoms. The summed E-state index contributed by atoms with van der Waals surface area (Å²) in [6.45, 7) is 2.96. The molecule has 2 heterocycles. The summed E-state index contributed by atoms with van der Waals surface area (Å²) in [7, 11) is 1.73. The van der Waals surface area contributed by atoms with E-state index in [9.17, 15) is 4.79 Å². The number of piperazine rings is 1. The second-order valence-corrected chi connectivity index (χ2v) is 7.11. The number of nitrogens with zero attached hydrogens (tertiary/aromatic N) is 4. The number of carbonyl (C=O) groups excluding carboxylic acids is 1. The zero-order valence-corrected chi connectivity index (χ0v) is 15.6. The van der Waals surface area contributed by atoms with Gasteiger partial charge >= 0.3 is 0 Å². The largest absolute Gasteiger partial charge is 0.350 e. The number of thiazole rings is 1. The van der Waals surface area contributed by atoms with Crippen LogP contribution in [0.5, 0.6) is 0 Å². The first-order valence-electron chi connectivity index (χ1n) is 8.02. The van der Waals surface area contributed by atoms with E-state index < -0.39 is 0 Å². The number of amides is 1. The van der Waals surface area contributed by atoms with Crippen LogP contribution in [0.25, 0.3) is 0 Å². The lowest BCUT2D eigenvalue weighted by molar-refractivity contribution is -0.135. The first-order chi connectivity index (χ1) is 12.2. The van der Waals surface area contributed by atoms with E-state index in [2.05, 4.69) is 15.3 Å². The van der Waals surface area contributed by atoms with Crippen molar-refractivity contribution in [1.29, 1.82) is 0 Å². The van der Waals surface area contributed by atoms with Crippen LogP contribution in [0.2, 0.25) is 5.02 Å². The fraction of sp³-hybridized carbons (Fsp3) is 0.353. The Labute approximate surface area is 156 Å². The molecule has 1 aliphatic heterocycles. The molecule has 1 saturated heterocycles. The molecule has 0 unspecified atom stereocenters. The van der Waals surface area contributed by atoms with E-state index in [1.165, 1.54) is 0 Å². The molecule has 0 radical (unpaired) electrons. The minimum absolute atomic E-state index is 0.0957. The molecular formula is C17H20ClN5OS. The van der Waals surface area contributed by atoms with Gasteiger partial charge in [0.25, 0.3) is 0 Å². The van der Waals surface area contributed by atoms with Crippen LogP contribution in [-0.2, 0) is 17.9 Å². The van der Waals surface area contributed by atoms with Crippen LogP contribution in [-0.4, -0.2) is 53.3 Å². The molecule has 1 fully saturated rings. The predicted molar refractivity (Wildman–Crippen MR) is 101 cm³/mol. The van der Waals surface area contributed by atoms with Crippen molar-refractivity contribution >= 4 is 34.8 Å². The van der Waals surface area contributed by atoms with E-state index in [0.29, 0.717) is 31.2 Å². The number of carbonyl (C=O) groups is 1. The van der Waals surface area contributed by atoms with Crippen molar-refractivity contribution in [2.24, 2.45) is 4.99 Å². The molecule has 6 nitrogen and oxygen atoms in total. The summed E-state index contributed by atoms with van der Waals surface area (Å²) >= 11 is 7.50. The Bertz CT molecular complexity index is 732. The Morgan fingerprint density at radius 3 is 2.80 bits per heavy atom. The third-order valence-electron chi connectivity index (χ3n) is 4.00. The summed E-state index contributed by atoms with van der Waals surface area (Å²) in [5.41, 5.74) is 1.08. The lowest BCUT2D eigenvalue weighted by Crippen LogP contribution is -2.54. The molecule has 1 aromatic heterocycles. The SMILES string of the molecule is CN=C(NCc1nccs1)N1CCN(Cc2ccc(Cl)cc2)C(=O)C1. The highest BCUT2D eigenvalue weighted by Gasteiger charge is 2.25. The standard InChI is InChI=1S/C17H20ClN5OS/c1-19-17(21-10-15-20-6-9-25-15)23-8-7-22(16(24)12-23)11-13-2-4-14(18)5-3-13/h2-6,9H,7-8,10-12H2,1H3,(H,19,21). The Morgan fingerprint density at radius 2 is 2.16 bits per heavy atom. The zero-order valence-electron chi connectivity index (χ0n) is 14.0. The summed E-state index contributed by atoms with van der Waals surface area (Å²) in [4.78, 5) is 24.9. The molecule has 1 aliphatic rings. The van der Waals surface area contributed by atoms with Gasteiger partial charge in [-0.2, -0.15) is 0 Å². The topological polar surface area (TPSA) is 60.8 Å². The predicted octanol–water partition coefficient (Wildman–Crippen LogP) is 2.22. The zero-order chi connectivity index (χ0) is 17.6. The van der Waals surface area contributed by atoms with Gasteiger partial charge in [0.05, 0.1) is 13.1 Å². The summed E-state index contributed by atoms with van der Waals surface area (Å²) in [6, 6.07) is 7.61. The maximum atomic E-state index is 12.5. The van der Waals surface area contributed by atoms with Gasteiger partial charge in [-0.25, -0.2) is 4.98 Å². The quantitative estimate of drug-likeness (QED) is 0.655. The van der Waals surface area contributed by atoms with Gasteiger partial charge in [0, 0.05) is 43.3 Å². The second-order valence-electron chi connectivity index (χ2n) is 5.69. The first-order valence-corrected chi connectivity index (χ1v) is 9.27. The van der Waals surface area contributed by atoms with Crippen molar-refractivity contribution in [2.45, 2.75) is 13.1 Å². The van der Waals surface area contributed by atoms with Crippen LogP contribution in [0.3, 0.4) is 0 Å². The average molecular weight is 378 g/mol. The van der Waals surface area contributed by atoms with Crippen LogP contribution in [0.4, 0.5) is 0 Å². The summed E-state index contributed by atoms with van der Waals surface area (Å²) in [5.74, 6) is 0.827. The maximum absolute atomic E-state index is 12.5. The van der Waals surface area contributed by atoms with Crippen LogP contribution in [0, 0.1) is 0 Å². The Kier molecular flexibility index (Phi) is 5.88. The number of hydrogen-bond acceptors (Lipinski definition) is 4. The molecule has 0 aliphatic carbocycles. The van der Waals surface area contributed by atoms with Gasteiger partial charge in [-0.3, -0.25) is 9.79 Å². The van der Waals surface area contributed by atoms with E-state index >= 15 is 0 Å². The van der Waals surface area contributed by atoms with Crippen molar-refractivity contribution in [3.63, 3.8) is 0 Å². The third kappa shape index (κ3) is 4.70. The smallest absolute Gasteiger partial charge is 0.242 e. The number of halogens is 1. The van der Waals surface area contributed by atoms with Crippen LogP contribution in [0.15, 0.2) is 40.8 Å². The summed E-state index contributed by atoms with van der Waals surface area (Å²) < 4.78 is 0. The van der Waals surface area contributed by atoms with E-state index in [-0.39, 0.29) is 5.91 Å². The molecule has 2 aromatic rings. The average Bonchev–Trinajstić information content (AvgIpc) is 3.13. The van der Waals surface area contributed by atoms with Crippen LogP contribution in [0.1, 0.15) is 10.6 Å². The van der Waals surface area contributed by atoms with Crippen molar-refractivity contribution in [1.82, 2.24) is 20.1 Å². The first kappa shape index (κ1) is 17.7. The van der Waals surface area contributed by atoms with Crippen molar-refractivity contribution in [2.75, 3.05) is 26.7 Å². The monoisotopic (exact) mass is 377 g/mol. The minimum atomic E-state index is 0.0957.